The monoisotopic (exact) mass is 314 g/mol. The molecule has 0 spiro atoms. The minimum Gasteiger partial charge on any atom is -0.493 e. The van der Waals surface area contributed by atoms with Crippen LogP contribution in [0.25, 0.3) is 11.3 Å². The second-order valence-corrected chi connectivity index (χ2v) is 5.11. The molecule has 0 atom stereocenters. The van der Waals surface area contributed by atoms with Crippen molar-refractivity contribution in [1.29, 1.82) is 0 Å². The molecule has 0 unspecified atom stereocenters. The van der Waals surface area contributed by atoms with Crippen LogP contribution in [0.15, 0.2) is 54.9 Å². The van der Waals surface area contributed by atoms with Gasteiger partial charge in [0.1, 0.15) is 6.61 Å². The van der Waals surface area contributed by atoms with E-state index in [1.54, 1.807) is 13.4 Å². The van der Waals surface area contributed by atoms with Crippen molar-refractivity contribution in [2.45, 2.75) is 6.61 Å². The third-order valence-corrected chi connectivity index (χ3v) is 3.53. The summed E-state index contributed by atoms with van der Waals surface area (Å²) in [5.74, 6) is 1.40. The lowest BCUT2D eigenvalue weighted by atomic mass is 10.1. The van der Waals surface area contributed by atoms with E-state index in [0.717, 1.165) is 17.0 Å². The van der Waals surface area contributed by atoms with Crippen LogP contribution in [0.4, 0.5) is 0 Å². The fourth-order valence-corrected chi connectivity index (χ4v) is 2.30. The van der Waals surface area contributed by atoms with Gasteiger partial charge in [-0.05, 0) is 24.3 Å². The van der Waals surface area contributed by atoms with Crippen LogP contribution in [0, 0.1) is 0 Å². The predicted octanol–water partition coefficient (Wildman–Crippen LogP) is 4.32. The highest BCUT2D eigenvalue weighted by Crippen LogP contribution is 2.28. The van der Waals surface area contributed by atoms with Gasteiger partial charge in [-0.15, -0.1) is 0 Å². The van der Waals surface area contributed by atoms with E-state index in [1.807, 2.05) is 48.5 Å². The van der Waals surface area contributed by atoms with Crippen molar-refractivity contribution in [3.8, 4) is 22.8 Å². The van der Waals surface area contributed by atoms with Gasteiger partial charge in [-0.3, -0.25) is 0 Å². The van der Waals surface area contributed by atoms with Gasteiger partial charge in [-0.25, -0.2) is 4.98 Å². The first-order valence-corrected chi connectivity index (χ1v) is 7.19. The third-order valence-electron chi connectivity index (χ3n) is 3.28. The van der Waals surface area contributed by atoms with Crippen molar-refractivity contribution in [1.82, 2.24) is 9.97 Å². The summed E-state index contributed by atoms with van der Waals surface area (Å²) in [6.45, 7) is 0.373. The van der Waals surface area contributed by atoms with Crippen LogP contribution in [0.5, 0.6) is 11.5 Å². The summed E-state index contributed by atoms with van der Waals surface area (Å²) in [5.41, 5.74) is 2.74. The average molecular weight is 315 g/mol. The lowest BCUT2D eigenvalue weighted by Crippen LogP contribution is -1.99. The quantitative estimate of drug-likeness (QED) is 0.763. The zero-order chi connectivity index (χ0) is 15.4. The van der Waals surface area contributed by atoms with Gasteiger partial charge in [0, 0.05) is 10.6 Å². The summed E-state index contributed by atoms with van der Waals surface area (Å²) >= 11 is 5.92. The summed E-state index contributed by atoms with van der Waals surface area (Å²) in [6.07, 6.45) is 1.66. The molecule has 5 heteroatoms. The smallest absolute Gasteiger partial charge is 0.161 e. The van der Waals surface area contributed by atoms with Gasteiger partial charge in [-0.2, -0.15) is 0 Å². The van der Waals surface area contributed by atoms with Crippen LogP contribution in [-0.4, -0.2) is 17.1 Å². The summed E-state index contributed by atoms with van der Waals surface area (Å²) in [6, 6.07) is 15.1. The molecule has 1 N–H and O–H groups in total. The molecule has 0 aliphatic carbocycles. The Kier molecular flexibility index (Phi) is 4.30. The maximum atomic E-state index is 5.92. The number of rotatable bonds is 5. The van der Waals surface area contributed by atoms with Crippen molar-refractivity contribution < 1.29 is 9.47 Å². The highest BCUT2D eigenvalue weighted by molar-refractivity contribution is 6.30. The van der Waals surface area contributed by atoms with Gasteiger partial charge in [-0.1, -0.05) is 35.9 Å². The van der Waals surface area contributed by atoms with Crippen LogP contribution in [0.1, 0.15) is 5.69 Å². The van der Waals surface area contributed by atoms with Crippen molar-refractivity contribution in [2.24, 2.45) is 0 Å². The van der Waals surface area contributed by atoms with E-state index in [1.165, 1.54) is 0 Å². The van der Waals surface area contributed by atoms with Gasteiger partial charge in [0.15, 0.2) is 11.5 Å². The van der Waals surface area contributed by atoms with E-state index in [4.69, 9.17) is 21.1 Å². The number of ether oxygens (including phenoxy) is 2. The molecule has 0 aliphatic heterocycles. The molecule has 22 heavy (non-hydrogen) atoms. The Morgan fingerprint density at radius 1 is 1.05 bits per heavy atom. The molecule has 0 aliphatic rings. The first-order valence-electron chi connectivity index (χ1n) is 6.82. The molecule has 3 aromatic rings. The number of nitrogens with one attached hydrogen (secondary N) is 1. The topological polar surface area (TPSA) is 47.1 Å². The zero-order valence-electron chi connectivity index (χ0n) is 12.0. The second-order valence-electron chi connectivity index (χ2n) is 4.68. The molecule has 0 amide bonds. The second kappa shape index (κ2) is 6.54. The third kappa shape index (κ3) is 3.07. The molecule has 1 aromatic heterocycles. The number of hydrogen-bond acceptors (Lipinski definition) is 3. The van der Waals surface area contributed by atoms with E-state index in [-0.39, 0.29) is 0 Å². The largest absolute Gasteiger partial charge is 0.493 e. The number of methoxy groups -OCH3 is 1. The SMILES string of the molecule is COc1ccccc1OCc1[nH]cnc1-c1ccc(Cl)cc1. The Balaban J connectivity index is 1.79. The minimum absolute atomic E-state index is 0.373. The number of aromatic amines is 1. The van der Waals surface area contributed by atoms with E-state index in [2.05, 4.69) is 9.97 Å². The Morgan fingerprint density at radius 2 is 1.77 bits per heavy atom. The number of H-pyrrole nitrogens is 1. The predicted molar refractivity (Wildman–Crippen MR) is 86.4 cm³/mol. The number of halogens is 1. The summed E-state index contributed by atoms with van der Waals surface area (Å²) in [5, 5.41) is 0.700. The fourth-order valence-electron chi connectivity index (χ4n) is 2.18. The summed E-state index contributed by atoms with van der Waals surface area (Å²) < 4.78 is 11.1. The van der Waals surface area contributed by atoms with E-state index >= 15 is 0 Å². The van der Waals surface area contributed by atoms with Crippen molar-refractivity contribution >= 4 is 11.6 Å². The van der Waals surface area contributed by atoms with Crippen molar-refractivity contribution in [3.05, 3.63) is 65.6 Å². The Morgan fingerprint density at radius 3 is 2.50 bits per heavy atom. The maximum absolute atomic E-state index is 5.92. The average Bonchev–Trinajstić information content (AvgIpc) is 3.02. The normalized spacial score (nSPS) is 10.5. The highest BCUT2D eigenvalue weighted by atomic mass is 35.5. The van der Waals surface area contributed by atoms with Gasteiger partial charge < -0.3 is 14.5 Å². The van der Waals surface area contributed by atoms with Gasteiger partial charge in [0.25, 0.3) is 0 Å². The lowest BCUT2D eigenvalue weighted by molar-refractivity contribution is 0.281. The number of nitrogens with zero attached hydrogens (tertiary/aromatic N) is 1. The van der Waals surface area contributed by atoms with Gasteiger partial charge in [0.2, 0.25) is 0 Å². The molecule has 4 nitrogen and oxygen atoms in total. The molecule has 3 rings (SSSR count). The van der Waals surface area contributed by atoms with E-state index in [0.29, 0.717) is 23.1 Å². The first kappa shape index (κ1) is 14.5. The number of para-hydroxylation sites is 2. The van der Waals surface area contributed by atoms with Crippen LogP contribution in [-0.2, 0) is 6.61 Å². The number of benzene rings is 2. The number of hydrogen-bond donors (Lipinski definition) is 1. The van der Waals surface area contributed by atoms with Gasteiger partial charge in [0.05, 0.1) is 24.8 Å². The highest BCUT2D eigenvalue weighted by Gasteiger charge is 2.10. The molecule has 1 heterocycles. The van der Waals surface area contributed by atoms with Crippen molar-refractivity contribution in [2.75, 3.05) is 7.11 Å². The molecular weight excluding hydrogens is 300 g/mol. The molecular formula is C17H15ClN2O2. The number of imidazole rings is 1. The molecule has 2 aromatic carbocycles. The standard InChI is InChI=1S/C17H15ClN2O2/c1-21-15-4-2-3-5-16(15)22-10-14-17(20-11-19-14)12-6-8-13(18)9-7-12/h2-9,11H,10H2,1H3,(H,19,20). The Labute approximate surface area is 133 Å². The van der Waals surface area contributed by atoms with Crippen LogP contribution in [0.2, 0.25) is 5.02 Å². The van der Waals surface area contributed by atoms with E-state index in [9.17, 15) is 0 Å². The summed E-state index contributed by atoms with van der Waals surface area (Å²) in [4.78, 5) is 7.48. The van der Waals surface area contributed by atoms with Gasteiger partial charge >= 0.3 is 0 Å². The molecule has 0 saturated heterocycles. The zero-order valence-corrected chi connectivity index (χ0v) is 12.8. The van der Waals surface area contributed by atoms with Crippen molar-refractivity contribution in [3.63, 3.8) is 0 Å². The minimum atomic E-state index is 0.373. The van der Waals surface area contributed by atoms with E-state index < -0.39 is 0 Å². The summed E-state index contributed by atoms with van der Waals surface area (Å²) in [7, 11) is 1.62. The Hall–Kier alpha value is -2.46. The fraction of sp³-hybridized carbons (Fsp3) is 0.118. The lowest BCUT2D eigenvalue weighted by Gasteiger charge is -2.10. The van der Waals surface area contributed by atoms with Crippen LogP contribution < -0.4 is 9.47 Å². The maximum Gasteiger partial charge on any atom is 0.161 e. The van der Waals surface area contributed by atoms with Crippen LogP contribution in [0.3, 0.4) is 0 Å². The molecule has 0 bridgehead atoms. The molecule has 112 valence electrons. The number of aromatic nitrogens is 2. The molecule has 0 saturated carbocycles. The molecule has 0 radical (unpaired) electrons. The van der Waals surface area contributed by atoms with Crippen LogP contribution >= 0.6 is 11.6 Å². The Bertz CT molecular complexity index is 753. The first-order chi connectivity index (χ1) is 10.8. The molecule has 0 fully saturated rings.